The Balaban J connectivity index is 1.83. The molecule has 1 amide bonds. The van der Waals surface area contributed by atoms with E-state index in [1.807, 2.05) is 0 Å². The zero-order valence-electron chi connectivity index (χ0n) is 10.5. The second-order valence-corrected chi connectivity index (χ2v) is 5.65. The summed E-state index contributed by atoms with van der Waals surface area (Å²) in [5.41, 5.74) is 1.07. The molecule has 0 bridgehead atoms. The standard InChI is InChI=1S/C13H15BrN4O/c14-10-11(17-18-8-4-7-15-12(10)18)13(19)16-9-5-2-1-3-6-9/h4,7-9H,1-3,5-6H2,(H,16,19). The van der Waals surface area contributed by atoms with Crippen LogP contribution < -0.4 is 5.32 Å². The van der Waals surface area contributed by atoms with E-state index in [0.29, 0.717) is 15.8 Å². The van der Waals surface area contributed by atoms with Crippen molar-refractivity contribution in [3.8, 4) is 0 Å². The molecule has 1 fully saturated rings. The molecular formula is C13H15BrN4O. The number of carbonyl (C=O) groups is 1. The first kappa shape index (κ1) is 12.6. The summed E-state index contributed by atoms with van der Waals surface area (Å²) in [5.74, 6) is -0.121. The van der Waals surface area contributed by atoms with Crippen molar-refractivity contribution in [1.29, 1.82) is 0 Å². The Labute approximate surface area is 119 Å². The number of rotatable bonds is 2. The number of nitrogens with one attached hydrogen (secondary N) is 1. The number of carbonyl (C=O) groups excluding carboxylic acids is 1. The van der Waals surface area contributed by atoms with Crippen molar-refractivity contribution in [2.24, 2.45) is 0 Å². The van der Waals surface area contributed by atoms with Crippen LogP contribution in [0.4, 0.5) is 0 Å². The lowest BCUT2D eigenvalue weighted by Crippen LogP contribution is -2.36. The van der Waals surface area contributed by atoms with Gasteiger partial charge in [0.1, 0.15) is 0 Å². The molecule has 3 rings (SSSR count). The first-order valence-corrected chi connectivity index (χ1v) is 7.35. The normalized spacial score (nSPS) is 16.7. The first-order chi connectivity index (χ1) is 9.25. The highest BCUT2D eigenvalue weighted by molar-refractivity contribution is 9.10. The maximum Gasteiger partial charge on any atom is 0.273 e. The second kappa shape index (κ2) is 5.28. The van der Waals surface area contributed by atoms with E-state index in [4.69, 9.17) is 0 Å². The van der Waals surface area contributed by atoms with Gasteiger partial charge in [-0.05, 0) is 34.8 Å². The van der Waals surface area contributed by atoms with Gasteiger partial charge in [0.25, 0.3) is 5.91 Å². The fourth-order valence-corrected chi connectivity index (χ4v) is 3.05. The minimum Gasteiger partial charge on any atom is -0.348 e. The van der Waals surface area contributed by atoms with E-state index in [1.54, 1.807) is 23.0 Å². The van der Waals surface area contributed by atoms with Gasteiger partial charge in [-0.3, -0.25) is 4.79 Å². The van der Waals surface area contributed by atoms with Gasteiger partial charge in [-0.2, -0.15) is 5.10 Å². The Morgan fingerprint density at radius 3 is 2.89 bits per heavy atom. The quantitative estimate of drug-likeness (QED) is 0.924. The average Bonchev–Trinajstić information content (AvgIpc) is 2.78. The highest BCUT2D eigenvalue weighted by atomic mass is 79.9. The molecule has 0 radical (unpaired) electrons. The number of nitrogens with zero attached hydrogens (tertiary/aromatic N) is 3. The molecule has 2 aromatic rings. The predicted octanol–water partition coefficient (Wildman–Crippen LogP) is 2.55. The molecule has 1 N–H and O–H groups in total. The number of amides is 1. The van der Waals surface area contributed by atoms with Crippen molar-refractivity contribution in [3.63, 3.8) is 0 Å². The maximum atomic E-state index is 12.3. The van der Waals surface area contributed by atoms with Gasteiger partial charge in [0.2, 0.25) is 0 Å². The summed E-state index contributed by atoms with van der Waals surface area (Å²) in [6.07, 6.45) is 9.26. The molecule has 19 heavy (non-hydrogen) atoms. The van der Waals surface area contributed by atoms with Crippen molar-refractivity contribution in [2.45, 2.75) is 38.1 Å². The largest absolute Gasteiger partial charge is 0.348 e. The molecule has 0 atom stereocenters. The molecule has 100 valence electrons. The van der Waals surface area contributed by atoms with Crippen molar-refractivity contribution in [2.75, 3.05) is 0 Å². The molecule has 0 unspecified atom stereocenters. The minimum atomic E-state index is -0.121. The molecule has 0 aromatic carbocycles. The number of hydrogen-bond donors (Lipinski definition) is 1. The molecule has 5 nitrogen and oxygen atoms in total. The number of fused-ring (bicyclic) bond motifs is 1. The van der Waals surface area contributed by atoms with Crippen molar-refractivity contribution >= 4 is 27.5 Å². The highest BCUT2D eigenvalue weighted by Crippen LogP contribution is 2.22. The molecule has 1 saturated carbocycles. The monoisotopic (exact) mass is 322 g/mol. The Kier molecular flexibility index (Phi) is 3.50. The third kappa shape index (κ3) is 2.49. The summed E-state index contributed by atoms with van der Waals surface area (Å²) in [5, 5.41) is 7.34. The molecular weight excluding hydrogens is 308 g/mol. The van der Waals surface area contributed by atoms with Gasteiger partial charge in [0.15, 0.2) is 11.3 Å². The van der Waals surface area contributed by atoms with E-state index in [2.05, 4.69) is 31.3 Å². The van der Waals surface area contributed by atoms with Crippen LogP contribution in [0.25, 0.3) is 5.65 Å². The smallest absolute Gasteiger partial charge is 0.273 e. The van der Waals surface area contributed by atoms with Gasteiger partial charge in [0, 0.05) is 18.4 Å². The second-order valence-electron chi connectivity index (χ2n) is 4.86. The Morgan fingerprint density at radius 1 is 1.37 bits per heavy atom. The summed E-state index contributed by atoms with van der Waals surface area (Å²) in [7, 11) is 0. The van der Waals surface area contributed by atoms with Gasteiger partial charge in [0.05, 0.1) is 4.47 Å². The van der Waals surface area contributed by atoms with Gasteiger partial charge < -0.3 is 5.32 Å². The van der Waals surface area contributed by atoms with Gasteiger partial charge in [-0.1, -0.05) is 19.3 Å². The summed E-state index contributed by atoms with van der Waals surface area (Å²) in [4.78, 5) is 16.5. The molecule has 0 spiro atoms. The fourth-order valence-electron chi connectivity index (χ4n) is 2.50. The summed E-state index contributed by atoms with van der Waals surface area (Å²) in [6.45, 7) is 0. The molecule has 1 aliphatic rings. The SMILES string of the molecule is O=C(NC1CCCCC1)c1nn2cccnc2c1Br. The van der Waals surface area contributed by atoms with E-state index >= 15 is 0 Å². The summed E-state index contributed by atoms with van der Waals surface area (Å²) in [6, 6.07) is 2.07. The lowest BCUT2D eigenvalue weighted by molar-refractivity contribution is 0.0921. The van der Waals surface area contributed by atoms with Crippen LogP contribution in [0.15, 0.2) is 22.9 Å². The molecule has 0 saturated heterocycles. The number of halogens is 1. The Morgan fingerprint density at radius 2 is 2.16 bits per heavy atom. The van der Waals surface area contributed by atoms with E-state index < -0.39 is 0 Å². The minimum absolute atomic E-state index is 0.121. The highest BCUT2D eigenvalue weighted by Gasteiger charge is 2.22. The summed E-state index contributed by atoms with van der Waals surface area (Å²) < 4.78 is 2.27. The zero-order valence-corrected chi connectivity index (χ0v) is 12.1. The Hall–Kier alpha value is -1.43. The van der Waals surface area contributed by atoms with Crippen LogP contribution in [0.2, 0.25) is 0 Å². The van der Waals surface area contributed by atoms with Crippen molar-refractivity contribution in [1.82, 2.24) is 19.9 Å². The number of aromatic nitrogens is 3. The van der Waals surface area contributed by atoms with Crippen LogP contribution in [-0.4, -0.2) is 26.5 Å². The van der Waals surface area contributed by atoms with Crippen LogP contribution >= 0.6 is 15.9 Å². The molecule has 1 aliphatic carbocycles. The van der Waals surface area contributed by atoms with Crippen LogP contribution in [0.5, 0.6) is 0 Å². The lowest BCUT2D eigenvalue weighted by Gasteiger charge is -2.22. The Bertz CT molecular complexity index is 604. The van der Waals surface area contributed by atoms with Gasteiger partial charge >= 0.3 is 0 Å². The first-order valence-electron chi connectivity index (χ1n) is 6.55. The van der Waals surface area contributed by atoms with Gasteiger partial charge in [-0.25, -0.2) is 9.50 Å². The topological polar surface area (TPSA) is 59.3 Å². The predicted molar refractivity (Wildman–Crippen MR) is 75.0 cm³/mol. The fraction of sp³-hybridized carbons (Fsp3) is 0.462. The van der Waals surface area contributed by atoms with Crippen LogP contribution in [0, 0.1) is 0 Å². The van der Waals surface area contributed by atoms with E-state index in [9.17, 15) is 4.79 Å². The molecule has 2 heterocycles. The number of hydrogen-bond acceptors (Lipinski definition) is 3. The third-order valence-corrected chi connectivity index (χ3v) is 4.22. The third-order valence-electron chi connectivity index (χ3n) is 3.49. The van der Waals surface area contributed by atoms with Crippen LogP contribution in [-0.2, 0) is 0 Å². The lowest BCUT2D eigenvalue weighted by atomic mass is 9.95. The van der Waals surface area contributed by atoms with E-state index in [-0.39, 0.29) is 11.9 Å². The van der Waals surface area contributed by atoms with Crippen molar-refractivity contribution < 1.29 is 4.79 Å². The van der Waals surface area contributed by atoms with Crippen LogP contribution in [0.1, 0.15) is 42.6 Å². The molecule has 0 aliphatic heterocycles. The average molecular weight is 323 g/mol. The maximum absolute atomic E-state index is 12.3. The molecule has 6 heteroatoms. The van der Waals surface area contributed by atoms with Gasteiger partial charge in [-0.15, -0.1) is 0 Å². The van der Waals surface area contributed by atoms with E-state index in [1.165, 1.54) is 19.3 Å². The zero-order chi connectivity index (χ0) is 13.2. The van der Waals surface area contributed by atoms with E-state index in [0.717, 1.165) is 12.8 Å². The van der Waals surface area contributed by atoms with Crippen LogP contribution in [0.3, 0.4) is 0 Å². The summed E-state index contributed by atoms with van der Waals surface area (Å²) >= 11 is 3.41. The molecule has 2 aromatic heterocycles. The van der Waals surface area contributed by atoms with Crippen molar-refractivity contribution in [3.05, 3.63) is 28.6 Å².